The van der Waals surface area contributed by atoms with Gasteiger partial charge in [0, 0.05) is 4.47 Å². The van der Waals surface area contributed by atoms with Crippen molar-refractivity contribution in [3.05, 3.63) is 28.7 Å². The topological polar surface area (TPSA) is 21.3 Å². The number of hydrogen-bond donors (Lipinski definition) is 1. The molecular formula is C17H28BrNO. The molecule has 0 fully saturated rings. The number of ether oxygens (including phenoxy) is 1. The van der Waals surface area contributed by atoms with Crippen molar-refractivity contribution in [2.75, 3.05) is 19.7 Å². The zero-order valence-electron chi connectivity index (χ0n) is 13.2. The average Bonchev–Trinajstić information content (AvgIpc) is 2.38. The molecule has 1 aromatic rings. The first-order valence-electron chi connectivity index (χ1n) is 7.52. The summed E-state index contributed by atoms with van der Waals surface area (Å²) in [6.07, 6.45) is 2.27. The van der Waals surface area contributed by atoms with Crippen LogP contribution in [0.5, 0.6) is 5.75 Å². The molecule has 1 unspecified atom stereocenters. The van der Waals surface area contributed by atoms with Gasteiger partial charge < -0.3 is 10.1 Å². The largest absolute Gasteiger partial charge is 0.494 e. The summed E-state index contributed by atoms with van der Waals surface area (Å²) in [5.41, 5.74) is 0.309. The molecule has 20 heavy (non-hydrogen) atoms. The molecule has 1 N–H and O–H groups in total. The van der Waals surface area contributed by atoms with Gasteiger partial charge >= 0.3 is 0 Å². The van der Waals surface area contributed by atoms with Gasteiger partial charge in [-0.3, -0.25) is 0 Å². The van der Waals surface area contributed by atoms with Crippen molar-refractivity contribution in [2.45, 2.75) is 40.5 Å². The van der Waals surface area contributed by atoms with E-state index in [1.165, 1.54) is 6.42 Å². The van der Waals surface area contributed by atoms with E-state index < -0.39 is 0 Å². The molecule has 0 saturated carbocycles. The predicted molar refractivity (Wildman–Crippen MR) is 90.4 cm³/mol. The summed E-state index contributed by atoms with van der Waals surface area (Å²) in [6, 6.07) is 8.04. The minimum atomic E-state index is 0.309. The molecule has 1 rings (SSSR count). The van der Waals surface area contributed by atoms with Gasteiger partial charge in [0.25, 0.3) is 0 Å². The molecule has 0 aliphatic carbocycles. The van der Waals surface area contributed by atoms with Gasteiger partial charge in [0.15, 0.2) is 0 Å². The minimum absolute atomic E-state index is 0.309. The van der Waals surface area contributed by atoms with Crippen molar-refractivity contribution in [2.24, 2.45) is 11.3 Å². The van der Waals surface area contributed by atoms with Crippen LogP contribution in [0, 0.1) is 11.3 Å². The fraction of sp³-hybridized carbons (Fsp3) is 0.647. The Hall–Kier alpha value is -0.540. The highest BCUT2D eigenvalue weighted by Gasteiger charge is 2.23. The van der Waals surface area contributed by atoms with Crippen molar-refractivity contribution in [1.29, 1.82) is 0 Å². The number of benzene rings is 1. The first kappa shape index (κ1) is 17.5. The third kappa shape index (κ3) is 6.76. The highest BCUT2D eigenvalue weighted by Crippen LogP contribution is 2.28. The van der Waals surface area contributed by atoms with Crippen LogP contribution in [0.1, 0.15) is 40.5 Å². The molecule has 1 aromatic carbocycles. The monoisotopic (exact) mass is 341 g/mol. The summed E-state index contributed by atoms with van der Waals surface area (Å²) < 4.78 is 6.93. The van der Waals surface area contributed by atoms with E-state index in [0.717, 1.165) is 36.3 Å². The molecule has 0 bridgehead atoms. The van der Waals surface area contributed by atoms with E-state index in [4.69, 9.17) is 4.74 Å². The second-order valence-electron chi connectivity index (χ2n) is 6.36. The third-order valence-corrected chi connectivity index (χ3v) is 4.12. The molecule has 0 amide bonds. The van der Waals surface area contributed by atoms with Gasteiger partial charge in [0.1, 0.15) is 5.75 Å². The van der Waals surface area contributed by atoms with Crippen LogP contribution in [0.25, 0.3) is 0 Å². The lowest BCUT2D eigenvalue weighted by Crippen LogP contribution is -2.33. The van der Waals surface area contributed by atoms with Crippen molar-refractivity contribution >= 4 is 15.9 Å². The van der Waals surface area contributed by atoms with Crippen molar-refractivity contribution in [3.63, 3.8) is 0 Å². The van der Waals surface area contributed by atoms with Crippen LogP contribution in [0.3, 0.4) is 0 Å². The highest BCUT2D eigenvalue weighted by molar-refractivity contribution is 9.10. The van der Waals surface area contributed by atoms with Crippen LogP contribution in [-0.2, 0) is 0 Å². The van der Waals surface area contributed by atoms with Crippen LogP contribution < -0.4 is 10.1 Å². The van der Waals surface area contributed by atoms with Gasteiger partial charge in [-0.05, 0) is 61.5 Å². The Balaban J connectivity index is 2.39. The summed E-state index contributed by atoms with van der Waals surface area (Å²) >= 11 is 3.43. The standard InChI is InChI=1S/C17H28BrNO/c1-5-11-19-13-14(17(2,3)4)10-12-20-16-8-6-15(18)7-9-16/h6-9,14,19H,5,10-13H2,1-4H3. The quantitative estimate of drug-likeness (QED) is 0.680. The van der Waals surface area contributed by atoms with E-state index >= 15 is 0 Å². The normalized spacial score (nSPS) is 13.2. The van der Waals surface area contributed by atoms with E-state index in [2.05, 4.69) is 48.9 Å². The number of rotatable bonds is 8. The van der Waals surface area contributed by atoms with Gasteiger partial charge in [-0.15, -0.1) is 0 Å². The predicted octanol–water partition coefficient (Wildman–Crippen LogP) is 4.88. The van der Waals surface area contributed by atoms with Crippen LogP contribution in [0.4, 0.5) is 0 Å². The van der Waals surface area contributed by atoms with E-state index in [1.54, 1.807) is 0 Å². The Morgan fingerprint density at radius 2 is 1.85 bits per heavy atom. The molecule has 0 heterocycles. The zero-order chi connectivity index (χ0) is 15.0. The van der Waals surface area contributed by atoms with Gasteiger partial charge in [0.2, 0.25) is 0 Å². The number of halogens is 1. The number of hydrogen-bond acceptors (Lipinski definition) is 2. The fourth-order valence-electron chi connectivity index (χ4n) is 2.14. The molecule has 0 aromatic heterocycles. The lowest BCUT2D eigenvalue weighted by Gasteiger charge is -2.31. The Kier molecular flexibility index (Phi) is 7.60. The van der Waals surface area contributed by atoms with Gasteiger partial charge in [-0.25, -0.2) is 0 Å². The summed E-state index contributed by atoms with van der Waals surface area (Å²) in [4.78, 5) is 0. The molecule has 0 saturated heterocycles. The first-order chi connectivity index (χ1) is 9.43. The molecular weight excluding hydrogens is 314 g/mol. The van der Waals surface area contributed by atoms with Crippen molar-refractivity contribution in [3.8, 4) is 5.75 Å². The molecule has 0 aliphatic heterocycles. The Labute approximate surface area is 132 Å². The molecule has 1 atom stereocenters. The maximum absolute atomic E-state index is 5.84. The molecule has 0 spiro atoms. The molecule has 114 valence electrons. The molecule has 0 radical (unpaired) electrons. The van der Waals surface area contributed by atoms with Gasteiger partial charge in [-0.2, -0.15) is 0 Å². The van der Waals surface area contributed by atoms with E-state index in [0.29, 0.717) is 11.3 Å². The highest BCUT2D eigenvalue weighted by atomic mass is 79.9. The Morgan fingerprint density at radius 3 is 2.40 bits per heavy atom. The number of nitrogens with one attached hydrogen (secondary N) is 1. The first-order valence-corrected chi connectivity index (χ1v) is 8.32. The minimum Gasteiger partial charge on any atom is -0.494 e. The summed E-state index contributed by atoms with van der Waals surface area (Å²) in [5, 5.41) is 3.54. The Morgan fingerprint density at radius 1 is 1.20 bits per heavy atom. The van der Waals surface area contributed by atoms with E-state index in [-0.39, 0.29) is 0 Å². The average molecular weight is 342 g/mol. The lowest BCUT2D eigenvalue weighted by molar-refractivity contribution is 0.180. The smallest absolute Gasteiger partial charge is 0.119 e. The van der Waals surface area contributed by atoms with Crippen molar-refractivity contribution in [1.82, 2.24) is 5.32 Å². The SMILES string of the molecule is CCCNCC(CCOc1ccc(Br)cc1)C(C)(C)C. The van der Waals surface area contributed by atoms with Gasteiger partial charge in [-0.1, -0.05) is 43.6 Å². The van der Waals surface area contributed by atoms with Crippen LogP contribution in [0.15, 0.2) is 28.7 Å². The molecule has 0 aliphatic rings. The van der Waals surface area contributed by atoms with Crippen LogP contribution in [0.2, 0.25) is 0 Å². The molecule has 3 heteroatoms. The lowest BCUT2D eigenvalue weighted by atomic mass is 9.79. The third-order valence-electron chi connectivity index (χ3n) is 3.59. The van der Waals surface area contributed by atoms with Crippen LogP contribution in [-0.4, -0.2) is 19.7 Å². The Bertz CT molecular complexity index is 370. The maximum atomic E-state index is 5.84. The second-order valence-corrected chi connectivity index (χ2v) is 7.27. The maximum Gasteiger partial charge on any atom is 0.119 e. The van der Waals surface area contributed by atoms with Crippen LogP contribution >= 0.6 is 15.9 Å². The summed E-state index contributed by atoms with van der Waals surface area (Å²) in [7, 11) is 0. The summed E-state index contributed by atoms with van der Waals surface area (Å²) in [6.45, 7) is 12.1. The van der Waals surface area contributed by atoms with Crippen molar-refractivity contribution < 1.29 is 4.74 Å². The van der Waals surface area contributed by atoms with Gasteiger partial charge in [0.05, 0.1) is 6.61 Å². The fourth-order valence-corrected chi connectivity index (χ4v) is 2.41. The van der Waals surface area contributed by atoms with E-state index in [1.807, 2.05) is 24.3 Å². The second kappa shape index (κ2) is 8.68. The molecule has 2 nitrogen and oxygen atoms in total. The zero-order valence-corrected chi connectivity index (χ0v) is 14.8. The van der Waals surface area contributed by atoms with E-state index in [9.17, 15) is 0 Å². The summed E-state index contributed by atoms with van der Waals surface area (Å²) in [5.74, 6) is 1.58.